The first-order chi connectivity index (χ1) is 10.2. The van der Waals surface area contributed by atoms with Gasteiger partial charge in [-0.25, -0.2) is 0 Å². The van der Waals surface area contributed by atoms with Crippen LogP contribution in [0.15, 0.2) is 24.3 Å². The van der Waals surface area contributed by atoms with Gasteiger partial charge in [0, 0.05) is 18.1 Å². The molecule has 0 saturated carbocycles. The Balaban J connectivity index is 1.83. The van der Waals surface area contributed by atoms with E-state index in [1.165, 1.54) is 0 Å². The summed E-state index contributed by atoms with van der Waals surface area (Å²) >= 11 is 11.9. The van der Waals surface area contributed by atoms with Crippen LogP contribution in [0.1, 0.15) is 0 Å². The summed E-state index contributed by atoms with van der Waals surface area (Å²) in [6.07, 6.45) is 0. The van der Waals surface area contributed by atoms with Crippen molar-refractivity contribution in [3.05, 3.63) is 34.6 Å². The van der Waals surface area contributed by atoms with Gasteiger partial charge in [-0.1, -0.05) is 17.7 Å². The normalized spacial score (nSPS) is 15.0. The van der Waals surface area contributed by atoms with Crippen molar-refractivity contribution in [2.75, 3.05) is 31.2 Å². The standard InChI is InChI=1S/C13H12Cl2N4O2/c14-9-2-1-3-10(8-9)21-13-17-11(15)16-12(18-13)19-4-6-20-7-5-19/h1-3,8H,4-7H2. The lowest BCUT2D eigenvalue weighted by atomic mass is 10.3. The van der Waals surface area contributed by atoms with Crippen LogP contribution in [0.4, 0.5) is 5.95 Å². The van der Waals surface area contributed by atoms with E-state index < -0.39 is 0 Å². The molecule has 0 N–H and O–H groups in total. The van der Waals surface area contributed by atoms with Crippen LogP contribution < -0.4 is 9.64 Å². The average Bonchev–Trinajstić information content (AvgIpc) is 2.47. The largest absolute Gasteiger partial charge is 0.424 e. The zero-order valence-electron chi connectivity index (χ0n) is 11.0. The van der Waals surface area contributed by atoms with Crippen LogP contribution >= 0.6 is 23.2 Å². The molecule has 1 aromatic heterocycles. The van der Waals surface area contributed by atoms with Gasteiger partial charge in [-0.15, -0.1) is 0 Å². The summed E-state index contributed by atoms with van der Waals surface area (Å²) in [4.78, 5) is 14.4. The van der Waals surface area contributed by atoms with Crippen molar-refractivity contribution in [3.63, 3.8) is 0 Å². The second kappa shape index (κ2) is 6.43. The predicted molar refractivity (Wildman–Crippen MR) is 79.4 cm³/mol. The summed E-state index contributed by atoms with van der Waals surface area (Å²) in [5.41, 5.74) is 0. The first kappa shape index (κ1) is 14.3. The van der Waals surface area contributed by atoms with E-state index in [1.54, 1.807) is 24.3 Å². The number of benzene rings is 1. The summed E-state index contributed by atoms with van der Waals surface area (Å²) < 4.78 is 10.9. The highest BCUT2D eigenvalue weighted by Gasteiger charge is 2.16. The Labute approximate surface area is 131 Å². The molecule has 0 spiro atoms. The lowest BCUT2D eigenvalue weighted by Gasteiger charge is -2.26. The quantitative estimate of drug-likeness (QED) is 0.864. The monoisotopic (exact) mass is 326 g/mol. The third-order valence-corrected chi connectivity index (χ3v) is 3.28. The van der Waals surface area contributed by atoms with Gasteiger partial charge in [0.1, 0.15) is 5.75 Å². The molecule has 6 nitrogen and oxygen atoms in total. The fourth-order valence-corrected chi connectivity index (χ4v) is 2.24. The summed E-state index contributed by atoms with van der Waals surface area (Å²) in [7, 11) is 0. The minimum atomic E-state index is 0.0866. The molecule has 0 bridgehead atoms. The van der Waals surface area contributed by atoms with Crippen molar-refractivity contribution in [1.82, 2.24) is 15.0 Å². The zero-order valence-corrected chi connectivity index (χ0v) is 12.5. The Kier molecular flexibility index (Phi) is 4.38. The molecule has 1 aromatic carbocycles. The molecule has 1 saturated heterocycles. The van der Waals surface area contributed by atoms with Crippen molar-refractivity contribution in [3.8, 4) is 11.8 Å². The minimum Gasteiger partial charge on any atom is -0.424 e. The smallest absolute Gasteiger partial charge is 0.328 e. The van der Waals surface area contributed by atoms with Crippen LogP contribution in [0.25, 0.3) is 0 Å². The summed E-state index contributed by atoms with van der Waals surface area (Å²) in [5, 5.41) is 0.657. The molecule has 8 heteroatoms. The fourth-order valence-electron chi connectivity index (χ4n) is 1.91. The van der Waals surface area contributed by atoms with E-state index in [4.69, 9.17) is 32.7 Å². The second-order valence-corrected chi connectivity index (χ2v) is 5.12. The van der Waals surface area contributed by atoms with Crippen LogP contribution in [0.5, 0.6) is 11.8 Å². The molecule has 0 radical (unpaired) electrons. The lowest BCUT2D eigenvalue weighted by Crippen LogP contribution is -2.37. The van der Waals surface area contributed by atoms with Gasteiger partial charge in [-0.2, -0.15) is 15.0 Å². The summed E-state index contributed by atoms with van der Waals surface area (Å²) in [5.74, 6) is 1.02. The number of aromatic nitrogens is 3. The van der Waals surface area contributed by atoms with Crippen LogP contribution in [0.3, 0.4) is 0 Å². The van der Waals surface area contributed by atoms with Crippen LogP contribution in [0.2, 0.25) is 10.3 Å². The number of morpholine rings is 1. The Morgan fingerprint density at radius 3 is 2.67 bits per heavy atom. The second-order valence-electron chi connectivity index (χ2n) is 4.35. The van der Waals surface area contributed by atoms with E-state index in [2.05, 4.69) is 15.0 Å². The summed E-state index contributed by atoms with van der Waals surface area (Å²) in [6.45, 7) is 2.68. The lowest BCUT2D eigenvalue weighted by molar-refractivity contribution is 0.122. The molecule has 2 heterocycles. The average molecular weight is 327 g/mol. The Bertz CT molecular complexity index is 635. The number of hydrogen-bond acceptors (Lipinski definition) is 6. The molecule has 110 valence electrons. The van der Waals surface area contributed by atoms with E-state index >= 15 is 0 Å². The molecule has 1 fully saturated rings. The van der Waals surface area contributed by atoms with Crippen LogP contribution in [0, 0.1) is 0 Å². The minimum absolute atomic E-state index is 0.0866. The highest BCUT2D eigenvalue weighted by Crippen LogP contribution is 2.24. The third kappa shape index (κ3) is 3.72. The van der Waals surface area contributed by atoms with Gasteiger partial charge < -0.3 is 14.4 Å². The highest BCUT2D eigenvalue weighted by atomic mass is 35.5. The van der Waals surface area contributed by atoms with Gasteiger partial charge in [0.25, 0.3) is 0 Å². The van der Waals surface area contributed by atoms with Crippen LogP contribution in [-0.4, -0.2) is 41.3 Å². The van der Waals surface area contributed by atoms with E-state index in [1.807, 2.05) is 4.90 Å². The van der Waals surface area contributed by atoms with Gasteiger partial charge in [0.05, 0.1) is 13.2 Å². The Hall–Kier alpha value is -1.63. The Morgan fingerprint density at radius 2 is 1.90 bits per heavy atom. The van der Waals surface area contributed by atoms with E-state index in [0.29, 0.717) is 43.0 Å². The fraction of sp³-hybridized carbons (Fsp3) is 0.308. The number of hydrogen-bond donors (Lipinski definition) is 0. The third-order valence-electron chi connectivity index (χ3n) is 2.87. The molecule has 0 unspecified atom stereocenters. The van der Waals surface area contributed by atoms with Gasteiger partial charge in [0.15, 0.2) is 0 Å². The van der Waals surface area contributed by atoms with E-state index in [9.17, 15) is 0 Å². The van der Waals surface area contributed by atoms with Crippen molar-refractivity contribution >= 4 is 29.2 Å². The maximum absolute atomic E-state index is 5.94. The topological polar surface area (TPSA) is 60.4 Å². The first-order valence-corrected chi connectivity index (χ1v) is 7.14. The molecule has 1 aliphatic rings. The molecule has 0 amide bonds. The molecule has 0 atom stereocenters. The number of nitrogens with zero attached hydrogens (tertiary/aromatic N) is 4. The highest BCUT2D eigenvalue weighted by molar-refractivity contribution is 6.30. The zero-order chi connectivity index (χ0) is 14.7. The van der Waals surface area contributed by atoms with Crippen molar-refractivity contribution in [2.24, 2.45) is 0 Å². The Morgan fingerprint density at radius 1 is 1.10 bits per heavy atom. The molecule has 1 aliphatic heterocycles. The molecule has 21 heavy (non-hydrogen) atoms. The molecular formula is C13H12Cl2N4O2. The van der Waals surface area contributed by atoms with Gasteiger partial charge in [-0.05, 0) is 29.8 Å². The van der Waals surface area contributed by atoms with Crippen molar-refractivity contribution in [2.45, 2.75) is 0 Å². The van der Waals surface area contributed by atoms with Gasteiger partial charge in [-0.3, -0.25) is 0 Å². The maximum Gasteiger partial charge on any atom is 0.328 e. The number of ether oxygens (including phenoxy) is 2. The number of anilines is 1. The maximum atomic E-state index is 5.94. The van der Waals surface area contributed by atoms with Gasteiger partial charge >= 0.3 is 6.01 Å². The van der Waals surface area contributed by atoms with E-state index in [-0.39, 0.29) is 11.3 Å². The number of halogens is 2. The van der Waals surface area contributed by atoms with Gasteiger partial charge in [0.2, 0.25) is 11.2 Å². The molecular weight excluding hydrogens is 315 g/mol. The molecule has 3 rings (SSSR count). The van der Waals surface area contributed by atoms with Crippen LogP contribution in [-0.2, 0) is 4.74 Å². The van der Waals surface area contributed by atoms with E-state index in [0.717, 1.165) is 0 Å². The van der Waals surface area contributed by atoms with Crippen molar-refractivity contribution < 1.29 is 9.47 Å². The first-order valence-electron chi connectivity index (χ1n) is 6.38. The molecule has 2 aromatic rings. The number of rotatable bonds is 3. The summed E-state index contributed by atoms with van der Waals surface area (Å²) in [6, 6.07) is 7.11. The molecule has 0 aliphatic carbocycles. The predicted octanol–water partition coefficient (Wildman–Crippen LogP) is 2.81. The SMILES string of the molecule is Clc1cccc(Oc2nc(Cl)nc(N3CCOCC3)n2)c1. The van der Waals surface area contributed by atoms with Crippen molar-refractivity contribution in [1.29, 1.82) is 0 Å².